The molecule has 1 aliphatic heterocycles. The SMILES string of the molecule is COc1ccc(/C(O)=C2\C(=O)C(=O)N(C3CCCC3)C2c2ccccc2C)c(OC)c1. The smallest absolute Gasteiger partial charge is 0.295 e. The van der Waals surface area contributed by atoms with Crippen molar-refractivity contribution in [3.05, 3.63) is 64.7 Å². The van der Waals surface area contributed by atoms with Crippen LogP contribution >= 0.6 is 0 Å². The molecule has 2 aliphatic rings. The summed E-state index contributed by atoms with van der Waals surface area (Å²) in [5.41, 5.74) is 2.27. The van der Waals surface area contributed by atoms with Crippen LogP contribution in [0.25, 0.3) is 5.76 Å². The summed E-state index contributed by atoms with van der Waals surface area (Å²) in [7, 11) is 3.03. The average molecular weight is 421 g/mol. The average Bonchev–Trinajstić information content (AvgIpc) is 3.40. The molecule has 2 aromatic rings. The second kappa shape index (κ2) is 8.46. The topological polar surface area (TPSA) is 76.1 Å². The zero-order chi connectivity index (χ0) is 22.1. The van der Waals surface area contributed by atoms with Gasteiger partial charge in [0.2, 0.25) is 0 Å². The number of rotatable bonds is 5. The maximum Gasteiger partial charge on any atom is 0.295 e. The van der Waals surface area contributed by atoms with Gasteiger partial charge in [0.05, 0.1) is 31.4 Å². The molecular weight excluding hydrogens is 394 g/mol. The number of carbonyl (C=O) groups excluding carboxylic acids is 2. The number of benzene rings is 2. The van der Waals surface area contributed by atoms with Gasteiger partial charge in [0.1, 0.15) is 17.3 Å². The van der Waals surface area contributed by atoms with Crippen LogP contribution in [0.3, 0.4) is 0 Å². The van der Waals surface area contributed by atoms with E-state index in [0.717, 1.165) is 36.8 Å². The Morgan fingerprint density at radius 3 is 2.39 bits per heavy atom. The molecular formula is C25H27NO5. The lowest BCUT2D eigenvalue weighted by molar-refractivity contribution is -0.141. The molecule has 0 aromatic heterocycles. The number of nitrogens with zero attached hydrogens (tertiary/aromatic N) is 1. The van der Waals surface area contributed by atoms with E-state index in [2.05, 4.69) is 0 Å². The Kier molecular flexibility index (Phi) is 5.72. The van der Waals surface area contributed by atoms with Crippen LogP contribution in [0.5, 0.6) is 11.5 Å². The number of ketones is 1. The molecule has 1 unspecified atom stereocenters. The zero-order valence-corrected chi connectivity index (χ0v) is 18.1. The number of aryl methyl sites for hydroxylation is 1. The first-order valence-corrected chi connectivity index (χ1v) is 10.6. The Morgan fingerprint density at radius 1 is 1.03 bits per heavy atom. The van der Waals surface area contributed by atoms with Crippen molar-refractivity contribution in [2.45, 2.75) is 44.7 Å². The van der Waals surface area contributed by atoms with E-state index in [4.69, 9.17) is 9.47 Å². The molecule has 31 heavy (non-hydrogen) atoms. The summed E-state index contributed by atoms with van der Waals surface area (Å²) in [6.45, 7) is 1.96. The second-order valence-electron chi connectivity index (χ2n) is 8.07. The van der Waals surface area contributed by atoms with E-state index in [-0.39, 0.29) is 17.4 Å². The van der Waals surface area contributed by atoms with Gasteiger partial charge in [0.25, 0.3) is 11.7 Å². The first-order valence-electron chi connectivity index (χ1n) is 10.6. The molecule has 1 N–H and O–H groups in total. The summed E-state index contributed by atoms with van der Waals surface area (Å²) < 4.78 is 10.7. The Hall–Kier alpha value is -3.28. The van der Waals surface area contributed by atoms with Crippen LogP contribution in [-0.2, 0) is 9.59 Å². The lowest BCUT2D eigenvalue weighted by Gasteiger charge is -2.31. The fourth-order valence-electron chi connectivity index (χ4n) is 4.75. The molecule has 1 atom stereocenters. The Bertz CT molecular complexity index is 1050. The molecule has 1 aliphatic carbocycles. The third kappa shape index (κ3) is 3.56. The minimum absolute atomic E-state index is 0.0101. The van der Waals surface area contributed by atoms with Gasteiger partial charge in [-0.15, -0.1) is 0 Å². The number of methoxy groups -OCH3 is 2. The normalized spacial score (nSPS) is 21.0. The number of hydrogen-bond acceptors (Lipinski definition) is 5. The molecule has 162 valence electrons. The van der Waals surface area contributed by atoms with Gasteiger partial charge in [-0.25, -0.2) is 0 Å². The van der Waals surface area contributed by atoms with Gasteiger partial charge >= 0.3 is 0 Å². The molecule has 0 bridgehead atoms. The number of carbonyl (C=O) groups is 2. The Labute approximate surface area is 182 Å². The van der Waals surface area contributed by atoms with Crippen LogP contribution in [0.2, 0.25) is 0 Å². The fourth-order valence-corrected chi connectivity index (χ4v) is 4.75. The van der Waals surface area contributed by atoms with E-state index in [1.807, 2.05) is 31.2 Å². The number of Topliss-reactive ketones (excluding diaryl/α,β-unsaturated/α-hetero) is 1. The van der Waals surface area contributed by atoms with Crippen molar-refractivity contribution in [1.82, 2.24) is 4.90 Å². The molecule has 1 saturated heterocycles. The van der Waals surface area contributed by atoms with Gasteiger partial charge in [-0.05, 0) is 43.0 Å². The van der Waals surface area contributed by atoms with Gasteiger partial charge in [-0.3, -0.25) is 9.59 Å². The molecule has 4 rings (SSSR count). The maximum atomic E-state index is 13.2. The molecule has 6 nitrogen and oxygen atoms in total. The third-order valence-corrected chi connectivity index (χ3v) is 6.35. The summed E-state index contributed by atoms with van der Waals surface area (Å²) in [6.07, 6.45) is 3.78. The van der Waals surface area contributed by atoms with Crippen LogP contribution < -0.4 is 9.47 Å². The highest BCUT2D eigenvalue weighted by atomic mass is 16.5. The number of aliphatic hydroxyl groups excluding tert-OH is 1. The third-order valence-electron chi connectivity index (χ3n) is 6.35. The van der Waals surface area contributed by atoms with Gasteiger partial charge < -0.3 is 19.5 Å². The molecule has 2 fully saturated rings. The monoisotopic (exact) mass is 421 g/mol. The number of amides is 1. The van der Waals surface area contributed by atoms with Crippen LogP contribution in [0.15, 0.2) is 48.0 Å². The van der Waals surface area contributed by atoms with Crippen molar-refractivity contribution in [2.75, 3.05) is 14.2 Å². The van der Waals surface area contributed by atoms with Crippen LogP contribution in [0.4, 0.5) is 0 Å². The molecule has 6 heteroatoms. The summed E-state index contributed by atoms with van der Waals surface area (Å²) >= 11 is 0. The highest BCUT2D eigenvalue weighted by Crippen LogP contribution is 2.45. The zero-order valence-electron chi connectivity index (χ0n) is 18.1. The lowest BCUT2D eigenvalue weighted by atomic mass is 9.92. The minimum atomic E-state index is -0.657. The summed E-state index contributed by atoms with van der Waals surface area (Å²) in [5.74, 6) is -0.501. The molecule has 2 aromatic carbocycles. The van der Waals surface area contributed by atoms with E-state index >= 15 is 0 Å². The van der Waals surface area contributed by atoms with E-state index in [0.29, 0.717) is 17.1 Å². The molecule has 0 spiro atoms. The van der Waals surface area contributed by atoms with Gasteiger partial charge in [-0.1, -0.05) is 37.1 Å². The highest BCUT2D eigenvalue weighted by Gasteiger charge is 2.49. The molecule has 1 amide bonds. The van der Waals surface area contributed by atoms with E-state index in [9.17, 15) is 14.7 Å². The minimum Gasteiger partial charge on any atom is -0.507 e. The summed E-state index contributed by atoms with van der Waals surface area (Å²) in [4.78, 5) is 28.1. The number of likely N-dealkylation sites (tertiary alicyclic amines) is 1. The molecule has 1 saturated carbocycles. The molecule has 0 radical (unpaired) electrons. The van der Waals surface area contributed by atoms with Crippen molar-refractivity contribution in [3.63, 3.8) is 0 Å². The van der Waals surface area contributed by atoms with E-state index in [1.54, 1.807) is 30.2 Å². The van der Waals surface area contributed by atoms with Gasteiger partial charge in [-0.2, -0.15) is 0 Å². The van der Waals surface area contributed by atoms with E-state index < -0.39 is 17.7 Å². The number of hydrogen-bond donors (Lipinski definition) is 1. The van der Waals surface area contributed by atoms with Crippen molar-refractivity contribution in [3.8, 4) is 11.5 Å². The quantitative estimate of drug-likeness (QED) is 0.441. The van der Waals surface area contributed by atoms with Crippen LogP contribution in [-0.4, -0.2) is 42.0 Å². The fraction of sp³-hybridized carbons (Fsp3) is 0.360. The highest BCUT2D eigenvalue weighted by molar-refractivity contribution is 6.46. The largest absolute Gasteiger partial charge is 0.507 e. The first-order chi connectivity index (χ1) is 15.0. The Balaban J connectivity index is 1.93. The van der Waals surface area contributed by atoms with Crippen molar-refractivity contribution in [1.29, 1.82) is 0 Å². The summed E-state index contributed by atoms with van der Waals surface area (Å²) in [5, 5.41) is 11.3. The predicted octanol–water partition coefficient (Wildman–Crippen LogP) is 4.38. The first kappa shape index (κ1) is 21.0. The Morgan fingerprint density at radius 2 is 1.74 bits per heavy atom. The maximum absolute atomic E-state index is 13.2. The summed E-state index contributed by atoms with van der Waals surface area (Å²) in [6, 6.07) is 12.0. The van der Waals surface area contributed by atoms with Crippen molar-refractivity contribution in [2.24, 2.45) is 0 Å². The standard InChI is InChI=1S/C25H27NO5/c1-15-8-4-7-11-18(15)22-21(24(28)25(29)26(22)16-9-5-6-10-16)23(27)19-13-12-17(30-2)14-20(19)31-3/h4,7-8,11-14,16,22,27H,5-6,9-10H2,1-3H3/b23-21+. The lowest BCUT2D eigenvalue weighted by Crippen LogP contribution is -2.37. The number of aliphatic hydroxyl groups is 1. The van der Waals surface area contributed by atoms with Gasteiger partial charge in [0.15, 0.2) is 0 Å². The van der Waals surface area contributed by atoms with E-state index in [1.165, 1.54) is 7.11 Å². The van der Waals surface area contributed by atoms with Crippen molar-refractivity contribution < 1.29 is 24.2 Å². The predicted molar refractivity (Wildman–Crippen MR) is 117 cm³/mol. The number of ether oxygens (including phenoxy) is 2. The van der Waals surface area contributed by atoms with Gasteiger partial charge in [0, 0.05) is 12.1 Å². The van der Waals surface area contributed by atoms with Crippen LogP contribution in [0, 0.1) is 6.92 Å². The second-order valence-corrected chi connectivity index (χ2v) is 8.07. The van der Waals surface area contributed by atoms with Crippen molar-refractivity contribution >= 4 is 17.4 Å². The molecule has 1 heterocycles. The van der Waals surface area contributed by atoms with Crippen LogP contribution in [0.1, 0.15) is 48.4 Å².